The van der Waals surface area contributed by atoms with Crippen LogP contribution in [0.2, 0.25) is 15.1 Å². The molecule has 0 saturated carbocycles. The van der Waals surface area contributed by atoms with E-state index in [4.69, 9.17) is 34.8 Å². The van der Waals surface area contributed by atoms with Crippen LogP contribution in [0.25, 0.3) is 10.4 Å². The predicted octanol–water partition coefficient (Wildman–Crippen LogP) is 6.60. The number of halogens is 3. The Morgan fingerprint density at radius 3 is 2.25 bits per heavy atom. The van der Waals surface area contributed by atoms with Crippen molar-refractivity contribution in [3.63, 3.8) is 0 Å². The van der Waals surface area contributed by atoms with Gasteiger partial charge < -0.3 is 10.2 Å². The molecule has 0 saturated heterocycles. The maximum atomic E-state index is 10.2. The van der Waals surface area contributed by atoms with Gasteiger partial charge in [-0.1, -0.05) is 64.3 Å². The van der Waals surface area contributed by atoms with E-state index in [0.717, 1.165) is 11.3 Å². The van der Waals surface area contributed by atoms with Gasteiger partial charge in [0.15, 0.2) is 5.75 Å². The summed E-state index contributed by atoms with van der Waals surface area (Å²) in [5.74, 6) is -0.739. The quantitative estimate of drug-likeness (QED) is 0.295. The highest BCUT2D eigenvalue weighted by Gasteiger charge is 2.23. The lowest BCUT2D eigenvalue weighted by Gasteiger charge is -2.10. The van der Waals surface area contributed by atoms with Crippen LogP contribution < -0.4 is 0 Å². The van der Waals surface area contributed by atoms with Gasteiger partial charge in [-0.05, 0) is 12.1 Å². The van der Waals surface area contributed by atoms with Crippen LogP contribution in [0.4, 0.5) is 10.8 Å². The Hall–Kier alpha value is -1.86. The molecule has 2 N–H and O–H groups in total. The number of rotatable bonds is 3. The Labute approximate surface area is 155 Å². The van der Waals surface area contributed by atoms with E-state index in [9.17, 15) is 10.2 Å². The zero-order valence-corrected chi connectivity index (χ0v) is 14.8. The van der Waals surface area contributed by atoms with Crippen LogP contribution in [0.3, 0.4) is 0 Å². The van der Waals surface area contributed by atoms with Gasteiger partial charge in [-0.15, -0.1) is 10.2 Å². The smallest absolute Gasteiger partial charge is 0.230 e. The summed E-state index contributed by atoms with van der Waals surface area (Å²) in [4.78, 5) is 4.57. The van der Waals surface area contributed by atoms with E-state index in [1.807, 2.05) is 18.2 Å². The fourth-order valence-electron chi connectivity index (χ4n) is 1.88. The third-order valence-electron chi connectivity index (χ3n) is 3.02. The zero-order valence-electron chi connectivity index (χ0n) is 11.7. The molecule has 0 aliphatic rings. The van der Waals surface area contributed by atoms with Crippen molar-refractivity contribution >= 4 is 57.0 Å². The second-order valence-electron chi connectivity index (χ2n) is 4.56. The standard InChI is InChI=1S/C15H8Cl3N3O2S/c16-10-9(13(22)11(17)12(18)14(10)23)8-6-19-15(24-8)21-20-7-4-2-1-3-5-7/h1-6,22-23H. The molecule has 0 atom stereocenters. The lowest BCUT2D eigenvalue weighted by Crippen LogP contribution is -1.83. The molecule has 3 aromatic rings. The Kier molecular flexibility index (Phi) is 4.91. The molecule has 9 heteroatoms. The highest BCUT2D eigenvalue weighted by atomic mass is 35.5. The molecule has 0 fully saturated rings. The van der Waals surface area contributed by atoms with Gasteiger partial charge in [0.2, 0.25) is 5.13 Å². The molecule has 24 heavy (non-hydrogen) atoms. The fraction of sp³-hybridized carbons (Fsp3) is 0. The van der Waals surface area contributed by atoms with Crippen molar-refractivity contribution in [3.8, 4) is 21.9 Å². The van der Waals surface area contributed by atoms with E-state index in [1.165, 1.54) is 6.20 Å². The van der Waals surface area contributed by atoms with Gasteiger partial charge in [0.1, 0.15) is 15.8 Å². The van der Waals surface area contributed by atoms with Gasteiger partial charge in [-0.3, -0.25) is 0 Å². The van der Waals surface area contributed by atoms with Crippen LogP contribution in [-0.4, -0.2) is 15.2 Å². The van der Waals surface area contributed by atoms with E-state index in [0.29, 0.717) is 15.7 Å². The van der Waals surface area contributed by atoms with Crippen LogP contribution in [0.5, 0.6) is 11.5 Å². The number of phenolic OH excluding ortho intramolecular Hbond substituents is 2. The van der Waals surface area contributed by atoms with Crippen molar-refractivity contribution in [1.29, 1.82) is 0 Å². The highest BCUT2D eigenvalue weighted by molar-refractivity contribution is 7.18. The minimum Gasteiger partial charge on any atom is -0.506 e. The van der Waals surface area contributed by atoms with E-state index < -0.39 is 5.75 Å². The van der Waals surface area contributed by atoms with E-state index in [1.54, 1.807) is 12.1 Å². The summed E-state index contributed by atoms with van der Waals surface area (Å²) in [6, 6.07) is 9.17. The first-order valence-corrected chi connectivity index (χ1v) is 8.45. The summed E-state index contributed by atoms with van der Waals surface area (Å²) in [7, 11) is 0. The maximum absolute atomic E-state index is 10.2. The van der Waals surface area contributed by atoms with Crippen molar-refractivity contribution in [1.82, 2.24) is 4.98 Å². The van der Waals surface area contributed by atoms with E-state index >= 15 is 0 Å². The second-order valence-corrected chi connectivity index (χ2v) is 6.70. The van der Waals surface area contributed by atoms with Crippen LogP contribution >= 0.6 is 46.1 Å². The molecule has 0 radical (unpaired) electrons. The van der Waals surface area contributed by atoms with Gasteiger partial charge in [0.25, 0.3) is 0 Å². The molecular weight excluding hydrogens is 393 g/mol. The summed E-state index contributed by atoms with van der Waals surface area (Å²) < 4.78 is 0. The van der Waals surface area contributed by atoms with Gasteiger partial charge in [-0.2, -0.15) is 0 Å². The van der Waals surface area contributed by atoms with Crippen molar-refractivity contribution in [2.24, 2.45) is 10.2 Å². The van der Waals surface area contributed by atoms with Gasteiger partial charge in [0.05, 0.1) is 21.2 Å². The molecule has 122 valence electrons. The highest BCUT2D eigenvalue weighted by Crippen LogP contribution is 2.52. The van der Waals surface area contributed by atoms with Crippen molar-refractivity contribution in [3.05, 3.63) is 51.6 Å². The summed E-state index contributed by atoms with van der Waals surface area (Å²) in [6.45, 7) is 0. The maximum Gasteiger partial charge on any atom is 0.230 e. The van der Waals surface area contributed by atoms with E-state index in [-0.39, 0.29) is 26.4 Å². The molecule has 0 aliphatic carbocycles. The first-order valence-electron chi connectivity index (χ1n) is 6.50. The summed E-state index contributed by atoms with van der Waals surface area (Å²) in [5, 5.41) is 28.0. The lowest BCUT2D eigenvalue weighted by atomic mass is 10.1. The number of aromatic nitrogens is 1. The number of hydrogen-bond donors (Lipinski definition) is 2. The molecule has 2 aromatic carbocycles. The van der Waals surface area contributed by atoms with Crippen LogP contribution in [0.1, 0.15) is 0 Å². The molecule has 1 heterocycles. The minimum absolute atomic E-state index is 0.114. The molecule has 0 aliphatic heterocycles. The first kappa shape index (κ1) is 17.0. The van der Waals surface area contributed by atoms with E-state index in [2.05, 4.69) is 15.2 Å². The topological polar surface area (TPSA) is 78.1 Å². The molecule has 0 spiro atoms. The molecule has 0 unspecified atom stereocenters. The minimum atomic E-state index is -0.406. The van der Waals surface area contributed by atoms with Crippen molar-refractivity contribution in [2.45, 2.75) is 0 Å². The van der Waals surface area contributed by atoms with Crippen LogP contribution in [-0.2, 0) is 0 Å². The zero-order chi connectivity index (χ0) is 17.3. The Morgan fingerprint density at radius 2 is 1.54 bits per heavy atom. The van der Waals surface area contributed by atoms with Gasteiger partial charge in [-0.25, -0.2) is 4.98 Å². The molecule has 5 nitrogen and oxygen atoms in total. The molecular formula is C15H8Cl3N3O2S. The number of benzene rings is 2. The Balaban J connectivity index is 1.99. The normalized spacial score (nSPS) is 11.3. The summed E-state index contributed by atoms with van der Waals surface area (Å²) in [5.41, 5.74) is 0.824. The third-order valence-corrected chi connectivity index (χ3v) is 5.12. The number of hydrogen-bond acceptors (Lipinski definition) is 6. The first-order chi connectivity index (χ1) is 11.5. The average molecular weight is 401 g/mol. The third kappa shape index (κ3) is 3.18. The van der Waals surface area contributed by atoms with Gasteiger partial charge >= 0.3 is 0 Å². The monoisotopic (exact) mass is 399 g/mol. The lowest BCUT2D eigenvalue weighted by molar-refractivity contribution is 0.462. The SMILES string of the molecule is Oc1c(Cl)c(Cl)c(O)c(-c2cnc(N=Nc3ccccc3)s2)c1Cl. The van der Waals surface area contributed by atoms with Crippen LogP contribution in [0, 0.1) is 0 Å². The predicted molar refractivity (Wildman–Crippen MR) is 96.5 cm³/mol. The Morgan fingerprint density at radius 1 is 0.875 bits per heavy atom. The number of aromatic hydroxyl groups is 2. The fourth-order valence-corrected chi connectivity index (χ4v) is 3.43. The molecule has 0 amide bonds. The molecule has 3 rings (SSSR count). The summed E-state index contributed by atoms with van der Waals surface area (Å²) >= 11 is 18.9. The average Bonchev–Trinajstić information content (AvgIpc) is 3.06. The molecule has 0 bridgehead atoms. The largest absolute Gasteiger partial charge is 0.506 e. The number of nitrogens with zero attached hydrogens (tertiary/aromatic N) is 3. The summed E-state index contributed by atoms with van der Waals surface area (Å²) in [6.07, 6.45) is 1.45. The second kappa shape index (κ2) is 6.94. The van der Waals surface area contributed by atoms with Crippen molar-refractivity contribution < 1.29 is 10.2 Å². The van der Waals surface area contributed by atoms with Gasteiger partial charge in [0, 0.05) is 6.20 Å². The van der Waals surface area contributed by atoms with Crippen molar-refractivity contribution in [2.75, 3.05) is 0 Å². The Bertz CT molecular complexity index is 900. The number of azo groups is 1. The van der Waals surface area contributed by atoms with Crippen LogP contribution in [0.15, 0.2) is 46.8 Å². The molecule has 1 aromatic heterocycles. The number of thiazole rings is 1. The number of phenols is 2.